The first-order chi connectivity index (χ1) is 8.35. The van der Waals surface area contributed by atoms with Gasteiger partial charge in [0.1, 0.15) is 5.60 Å². The Hall–Kier alpha value is -2.24. The molecule has 0 unspecified atom stereocenters. The van der Waals surface area contributed by atoms with E-state index in [1.165, 1.54) is 18.5 Å². The van der Waals surface area contributed by atoms with Gasteiger partial charge >= 0.3 is 5.97 Å². The molecule has 1 rings (SSSR count). The van der Waals surface area contributed by atoms with E-state index in [4.69, 9.17) is 4.74 Å². The first kappa shape index (κ1) is 13.8. The van der Waals surface area contributed by atoms with Crippen LogP contribution in [0.15, 0.2) is 35.4 Å². The summed E-state index contributed by atoms with van der Waals surface area (Å²) in [5.41, 5.74) is -1.22. The Bertz CT molecular complexity index is 475. The molecule has 0 saturated carbocycles. The smallest absolute Gasteiger partial charge is 0.365 e. The normalized spacial score (nSPS) is 12.6. The highest BCUT2D eigenvalue weighted by Crippen LogP contribution is 2.19. The predicted molar refractivity (Wildman–Crippen MR) is 65.4 cm³/mol. The van der Waals surface area contributed by atoms with Crippen molar-refractivity contribution in [3.8, 4) is 0 Å². The number of nitrogens with zero attached hydrogens (tertiary/aromatic N) is 2. The lowest BCUT2D eigenvalue weighted by Crippen LogP contribution is -2.25. The van der Waals surface area contributed by atoms with Crippen molar-refractivity contribution in [2.75, 3.05) is 0 Å². The highest BCUT2D eigenvalue weighted by molar-refractivity contribution is 5.95. The van der Waals surface area contributed by atoms with Crippen molar-refractivity contribution in [3.05, 3.63) is 40.7 Å². The predicted octanol–water partition coefficient (Wildman–Crippen LogP) is 2.42. The summed E-state index contributed by atoms with van der Waals surface area (Å²) in [5.74, 6) is -1.52. The number of hydrogen-bond donors (Lipinski definition) is 1. The maximum atomic E-state index is 11.7. The van der Waals surface area contributed by atoms with E-state index in [0.29, 0.717) is 0 Å². The van der Waals surface area contributed by atoms with Crippen LogP contribution < -0.4 is 0 Å². The van der Waals surface area contributed by atoms with E-state index >= 15 is 0 Å². The number of aliphatic hydroxyl groups is 1. The molecular formula is C12H14N2O4. The number of aromatic nitrogens is 1. The minimum Gasteiger partial charge on any atom is -0.505 e. The fraction of sp³-hybridized carbons (Fsp3) is 0.333. The third-order valence-corrected chi connectivity index (χ3v) is 1.84. The van der Waals surface area contributed by atoms with Gasteiger partial charge in [0, 0.05) is 18.0 Å². The number of hydrogen-bond acceptors (Lipinski definition) is 6. The molecule has 1 N–H and O–H groups in total. The zero-order valence-electron chi connectivity index (χ0n) is 10.4. The number of ether oxygens (including phenoxy) is 1. The maximum Gasteiger partial charge on any atom is 0.365 e. The maximum absolute atomic E-state index is 11.7. The summed E-state index contributed by atoms with van der Waals surface area (Å²) in [6.45, 7) is 4.94. The lowest BCUT2D eigenvalue weighted by Gasteiger charge is -2.19. The monoisotopic (exact) mass is 250 g/mol. The summed E-state index contributed by atoms with van der Waals surface area (Å²) in [4.78, 5) is 26.1. The van der Waals surface area contributed by atoms with E-state index in [-0.39, 0.29) is 5.56 Å². The van der Waals surface area contributed by atoms with Gasteiger partial charge in [-0.3, -0.25) is 4.98 Å². The molecule has 0 spiro atoms. The molecule has 0 fully saturated rings. The van der Waals surface area contributed by atoms with E-state index in [0.717, 1.165) is 0 Å². The number of aliphatic hydroxyl groups excluding tert-OH is 1. The molecule has 96 valence electrons. The fourth-order valence-electron chi connectivity index (χ4n) is 1.14. The summed E-state index contributed by atoms with van der Waals surface area (Å²) < 4.78 is 4.96. The number of nitroso groups, excluding NO2 is 1. The largest absolute Gasteiger partial charge is 0.505 e. The van der Waals surface area contributed by atoms with Crippen molar-refractivity contribution >= 4 is 11.7 Å². The molecule has 0 bridgehead atoms. The molecule has 0 aliphatic carbocycles. The van der Waals surface area contributed by atoms with Gasteiger partial charge < -0.3 is 9.84 Å². The molecule has 0 aliphatic rings. The van der Waals surface area contributed by atoms with Crippen molar-refractivity contribution in [2.45, 2.75) is 26.4 Å². The molecular weight excluding hydrogens is 236 g/mol. The number of esters is 1. The number of carbonyl (C=O) groups excluding carboxylic acids is 1. The molecule has 0 radical (unpaired) electrons. The van der Waals surface area contributed by atoms with Gasteiger partial charge in [-0.05, 0) is 38.1 Å². The summed E-state index contributed by atoms with van der Waals surface area (Å²) in [7, 11) is 0. The summed E-state index contributed by atoms with van der Waals surface area (Å²) in [6, 6.07) is 3.06. The summed E-state index contributed by atoms with van der Waals surface area (Å²) >= 11 is 0. The van der Waals surface area contributed by atoms with Crippen molar-refractivity contribution in [1.29, 1.82) is 0 Å². The highest BCUT2D eigenvalue weighted by Gasteiger charge is 2.24. The van der Waals surface area contributed by atoms with Gasteiger partial charge in [0.15, 0.2) is 5.76 Å². The minimum absolute atomic E-state index is 0.220. The van der Waals surface area contributed by atoms with Gasteiger partial charge in [0.05, 0.1) is 0 Å². The lowest BCUT2D eigenvalue weighted by molar-refractivity contribution is -0.149. The molecule has 1 aromatic heterocycles. The van der Waals surface area contributed by atoms with Crippen molar-refractivity contribution < 1.29 is 14.6 Å². The molecule has 0 aliphatic heterocycles. The van der Waals surface area contributed by atoms with Crippen LogP contribution in [0.4, 0.5) is 0 Å². The number of carbonyl (C=O) groups is 1. The Balaban J connectivity index is 3.09. The van der Waals surface area contributed by atoms with E-state index in [9.17, 15) is 14.8 Å². The van der Waals surface area contributed by atoms with Gasteiger partial charge in [0.25, 0.3) is 0 Å². The van der Waals surface area contributed by atoms with Crippen LogP contribution in [0.25, 0.3) is 5.76 Å². The molecule has 0 amide bonds. The van der Waals surface area contributed by atoms with Crippen LogP contribution in [0.5, 0.6) is 0 Å². The van der Waals surface area contributed by atoms with Crippen molar-refractivity contribution in [2.24, 2.45) is 5.18 Å². The summed E-state index contributed by atoms with van der Waals surface area (Å²) in [6.07, 6.45) is 2.81. The average molecular weight is 250 g/mol. The quantitative estimate of drug-likeness (QED) is 0.385. The fourth-order valence-corrected chi connectivity index (χ4v) is 1.14. The number of rotatable bonds is 3. The molecule has 0 aromatic carbocycles. The van der Waals surface area contributed by atoms with Crippen LogP contribution in [-0.2, 0) is 9.53 Å². The Morgan fingerprint density at radius 2 is 2.11 bits per heavy atom. The Kier molecular flexibility index (Phi) is 4.14. The highest BCUT2D eigenvalue weighted by atomic mass is 16.6. The zero-order valence-corrected chi connectivity index (χ0v) is 10.4. The Labute approximate surface area is 104 Å². The molecule has 0 saturated heterocycles. The third kappa shape index (κ3) is 3.65. The van der Waals surface area contributed by atoms with E-state index < -0.39 is 23.0 Å². The van der Waals surface area contributed by atoms with Gasteiger partial charge in [-0.15, -0.1) is 4.91 Å². The molecule has 6 heteroatoms. The average Bonchev–Trinajstić information content (AvgIpc) is 2.28. The third-order valence-electron chi connectivity index (χ3n) is 1.84. The van der Waals surface area contributed by atoms with Gasteiger partial charge in [-0.1, -0.05) is 0 Å². The van der Waals surface area contributed by atoms with Crippen LogP contribution in [0.3, 0.4) is 0 Å². The SMILES string of the molecule is CC(C)(C)OC(=O)C(N=O)=C(O)c1cccnc1. The van der Waals surface area contributed by atoms with E-state index in [1.54, 1.807) is 26.8 Å². The zero-order chi connectivity index (χ0) is 13.8. The second-order valence-electron chi connectivity index (χ2n) is 4.53. The second kappa shape index (κ2) is 5.39. The molecule has 6 nitrogen and oxygen atoms in total. The minimum atomic E-state index is -0.973. The van der Waals surface area contributed by atoms with E-state index in [2.05, 4.69) is 10.2 Å². The van der Waals surface area contributed by atoms with Crippen LogP contribution in [0.2, 0.25) is 0 Å². The Morgan fingerprint density at radius 1 is 1.44 bits per heavy atom. The Morgan fingerprint density at radius 3 is 2.56 bits per heavy atom. The molecule has 18 heavy (non-hydrogen) atoms. The van der Waals surface area contributed by atoms with Gasteiger partial charge in [0.2, 0.25) is 5.70 Å². The molecule has 1 aromatic rings. The second-order valence-corrected chi connectivity index (χ2v) is 4.53. The summed E-state index contributed by atoms with van der Waals surface area (Å²) in [5, 5.41) is 12.3. The first-order valence-corrected chi connectivity index (χ1v) is 5.25. The van der Waals surface area contributed by atoms with Crippen molar-refractivity contribution in [3.63, 3.8) is 0 Å². The van der Waals surface area contributed by atoms with Crippen LogP contribution in [-0.4, -0.2) is 21.7 Å². The topological polar surface area (TPSA) is 88.8 Å². The van der Waals surface area contributed by atoms with Crippen LogP contribution in [0, 0.1) is 4.91 Å². The van der Waals surface area contributed by atoms with Crippen LogP contribution >= 0.6 is 0 Å². The molecule has 0 atom stereocenters. The molecule has 1 heterocycles. The lowest BCUT2D eigenvalue weighted by atomic mass is 10.2. The van der Waals surface area contributed by atoms with Crippen LogP contribution in [0.1, 0.15) is 26.3 Å². The van der Waals surface area contributed by atoms with Gasteiger partial charge in [-0.2, -0.15) is 0 Å². The first-order valence-electron chi connectivity index (χ1n) is 5.25. The standard InChI is InChI=1S/C12H14N2O4/c1-12(2,3)18-11(16)9(14-17)10(15)8-5-4-6-13-7-8/h4-7,15H,1-3H3. The number of pyridine rings is 1. The van der Waals surface area contributed by atoms with Gasteiger partial charge in [-0.25, -0.2) is 4.79 Å². The van der Waals surface area contributed by atoms with Crippen molar-refractivity contribution in [1.82, 2.24) is 4.98 Å². The van der Waals surface area contributed by atoms with E-state index in [1.807, 2.05) is 0 Å².